The van der Waals surface area contributed by atoms with Crippen LogP contribution in [0.1, 0.15) is 55.3 Å². The minimum Gasteiger partial charge on any atom is -0.384 e. The lowest BCUT2D eigenvalue weighted by Crippen LogP contribution is -2.40. The fourth-order valence-corrected chi connectivity index (χ4v) is 4.20. The highest BCUT2D eigenvalue weighted by molar-refractivity contribution is 6.01. The quantitative estimate of drug-likeness (QED) is 0.648. The smallest absolute Gasteiger partial charge is 0.140 e. The maximum absolute atomic E-state index is 7.88. The highest BCUT2D eigenvalue weighted by Crippen LogP contribution is 2.46. The Kier molecular flexibility index (Phi) is 3.64. The lowest BCUT2D eigenvalue weighted by molar-refractivity contribution is 0.226. The molecule has 21 heavy (non-hydrogen) atoms. The number of rotatable bonds is 2. The molecule has 0 bridgehead atoms. The van der Waals surface area contributed by atoms with Gasteiger partial charge in [0.1, 0.15) is 11.7 Å². The second kappa shape index (κ2) is 5.32. The van der Waals surface area contributed by atoms with E-state index in [1.165, 1.54) is 38.5 Å². The van der Waals surface area contributed by atoms with Crippen molar-refractivity contribution >= 4 is 11.7 Å². The van der Waals surface area contributed by atoms with Crippen molar-refractivity contribution in [3.8, 4) is 0 Å². The summed E-state index contributed by atoms with van der Waals surface area (Å²) in [6.45, 7) is 6.15. The summed E-state index contributed by atoms with van der Waals surface area (Å²) in [6.07, 6.45) is 8.14. The van der Waals surface area contributed by atoms with Crippen LogP contribution >= 0.6 is 0 Å². The minimum absolute atomic E-state index is 0.135. The molecule has 3 N–H and O–H groups in total. The van der Waals surface area contributed by atoms with Crippen LogP contribution in [0.25, 0.3) is 0 Å². The summed E-state index contributed by atoms with van der Waals surface area (Å²) >= 11 is 0. The highest BCUT2D eigenvalue weighted by atomic mass is 15.2. The van der Waals surface area contributed by atoms with Crippen LogP contribution in [0.2, 0.25) is 0 Å². The first-order valence-electron chi connectivity index (χ1n) is 8.08. The largest absolute Gasteiger partial charge is 0.384 e. The zero-order valence-corrected chi connectivity index (χ0v) is 13.2. The summed E-state index contributed by atoms with van der Waals surface area (Å²) in [5, 5.41) is 7.88. The molecule has 0 unspecified atom stereocenters. The minimum atomic E-state index is 0.135. The molecule has 4 nitrogen and oxygen atoms in total. The van der Waals surface area contributed by atoms with Gasteiger partial charge in [0.05, 0.1) is 5.56 Å². The van der Waals surface area contributed by atoms with E-state index in [0.29, 0.717) is 5.41 Å². The number of piperidine rings is 1. The third kappa shape index (κ3) is 2.63. The van der Waals surface area contributed by atoms with Crippen molar-refractivity contribution in [2.45, 2.75) is 52.4 Å². The number of anilines is 1. The normalized spacial score (nSPS) is 21.0. The lowest BCUT2D eigenvalue weighted by Gasteiger charge is -2.40. The Morgan fingerprint density at radius 1 is 1.19 bits per heavy atom. The maximum atomic E-state index is 7.88. The van der Waals surface area contributed by atoms with Crippen LogP contribution in [-0.2, 0) is 0 Å². The van der Waals surface area contributed by atoms with Crippen molar-refractivity contribution in [2.75, 3.05) is 18.0 Å². The number of nitrogens with one attached hydrogen (secondary N) is 1. The van der Waals surface area contributed by atoms with Crippen molar-refractivity contribution in [3.63, 3.8) is 0 Å². The number of hydrogen-bond donors (Lipinski definition) is 2. The van der Waals surface area contributed by atoms with Crippen LogP contribution in [0.4, 0.5) is 5.82 Å². The zero-order chi connectivity index (χ0) is 15.0. The SMILES string of the molecule is Cc1cc(C)c(C(=N)N)c(N2CCC3(CCCC3)CC2)n1. The zero-order valence-electron chi connectivity index (χ0n) is 13.2. The third-order valence-corrected chi connectivity index (χ3v) is 5.38. The first-order chi connectivity index (χ1) is 10.0. The Labute approximate surface area is 127 Å². The average Bonchev–Trinajstić information content (AvgIpc) is 2.86. The van der Waals surface area contributed by atoms with Gasteiger partial charge in [0.25, 0.3) is 0 Å². The third-order valence-electron chi connectivity index (χ3n) is 5.38. The van der Waals surface area contributed by atoms with Crippen LogP contribution in [-0.4, -0.2) is 23.9 Å². The monoisotopic (exact) mass is 286 g/mol. The van der Waals surface area contributed by atoms with Crippen molar-refractivity contribution in [2.24, 2.45) is 11.1 Å². The molecule has 3 rings (SSSR count). The van der Waals surface area contributed by atoms with Gasteiger partial charge in [0.15, 0.2) is 0 Å². The predicted octanol–water partition coefficient (Wildman–Crippen LogP) is 3.14. The van der Waals surface area contributed by atoms with E-state index in [-0.39, 0.29) is 5.84 Å². The van der Waals surface area contributed by atoms with E-state index in [0.717, 1.165) is 35.7 Å². The number of amidine groups is 1. The molecule has 1 aromatic heterocycles. The van der Waals surface area contributed by atoms with Gasteiger partial charge in [0, 0.05) is 18.8 Å². The molecule has 1 aliphatic carbocycles. The van der Waals surface area contributed by atoms with Crippen LogP contribution < -0.4 is 10.6 Å². The van der Waals surface area contributed by atoms with Gasteiger partial charge in [-0.2, -0.15) is 0 Å². The number of aromatic nitrogens is 1. The molecule has 1 spiro atoms. The number of nitrogens with zero attached hydrogens (tertiary/aromatic N) is 2. The maximum Gasteiger partial charge on any atom is 0.140 e. The van der Waals surface area contributed by atoms with Crippen LogP contribution in [0.5, 0.6) is 0 Å². The van der Waals surface area contributed by atoms with Crippen molar-refractivity contribution in [1.29, 1.82) is 5.41 Å². The van der Waals surface area contributed by atoms with Gasteiger partial charge in [-0.1, -0.05) is 12.8 Å². The topological polar surface area (TPSA) is 66.0 Å². The van der Waals surface area contributed by atoms with Crippen LogP contribution in [0.3, 0.4) is 0 Å². The molecule has 2 heterocycles. The average molecular weight is 286 g/mol. The van der Waals surface area contributed by atoms with Crippen LogP contribution in [0, 0.1) is 24.7 Å². The fraction of sp³-hybridized carbons (Fsp3) is 0.647. The van der Waals surface area contributed by atoms with Gasteiger partial charge in [-0.3, -0.25) is 5.41 Å². The van der Waals surface area contributed by atoms with Gasteiger partial charge in [0.2, 0.25) is 0 Å². The van der Waals surface area contributed by atoms with Gasteiger partial charge in [-0.15, -0.1) is 0 Å². The Morgan fingerprint density at radius 2 is 1.81 bits per heavy atom. The molecule has 1 aromatic rings. The van der Waals surface area contributed by atoms with E-state index in [4.69, 9.17) is 16.1 Å². The molecule has 114 valence electrons. The van der Waals surface area contributed by atoms with Gasteiger partial charge in [-0.05, 0) is 56.6 Å². The van der Waals surface area contributed by atoms with Gasteiger partial charge in [-0.25, -0.2) is 4.98 Å². The summed E-state index contributed by atoms with van der Waals surface area (Å²) in [6, 6.07) is 2.02. The van der Waals surface area contributed by atoms with Crippen molar-refractivity contribution in [1.82, 2.24) is 4.98 Å². The molecule has 4 heteroatoms. The molecule has 0 aromatic carbocycles. The molecule has 0 amide bonds. The molecule has 1 saturated heterocycles. The van der Waals surface area contributed by atoms with E-state index in [9.17, 15) is 0 Å². The van der Waals surface area contributed by atoms with Crippen molar-refractivity contribution < 1.29 is 0 Å². The Morgan fingerprint density at radius 3 is 2.38 bits per heavy atom. The number of aryl methyl sites for hydroxylation is 2. The van der Waals surface area contributed by atoms with Crippen molar-refractivity contribution in [3.05, 3.63) is 22.9 Å². The Bertz CT molecular complexity index is 548. The van der Waals surface area contributed by atoms with Gasteiger partial charge < -0.3 is 10.6 Å². The molecular weight excluding hydrogens is 260 g/mol. The van der Waals surface area contributed by atoms with Gasteiger partial charge >= 0.3 is 0 Å². The Balaban J connectivity index is 1.86. The molecule has 1 saturated carbocycles. The summed E-state index contributed by atoms with van der Waals surface area (Å²) in [5.41, 5.74) is 9.30. The number of nitrogen functional groups attached to an aromatic ring is 1. The summed E-state index contributed by atoms with van der Waals surface area (Å²) in [4.78, 5) is 7.05. The molecule has 0 radical (unpaired) electrons. The predicted molar refractivity (Wildman–Crippen MR) is 87.1 cm³/mol. The number of pyridine rings is 1. The summed E-state index contributed by atoms with van der Waals surface area (Å²) in [5.74, 6) is 1.06. The van der Waals surface area contributed by atoms with E-state index < -0.39 is 0 Å². The molecular formula is C17H26N4. The second-order valence-corrected chi connectivity index (χ2v) is 6.89. The summed E-state index contributed by atoms with van der Waals surface area (Å²) < 4.78 is 0. The molecule has 0 atom stereocenters. The molecule has 2 aliphatic rings. The Hall–Kier alpha value is -1.58. The number of nitrogens with two attached hydrogens (primary N) is 1. The highest BCUT2D eigenvalue weighted by Gasteiger charge is 2.37. The molecule has 1 aliphatic heterocycles. The van der Waals surface area contributed by atoms with Crippen LogP contribution in [0.15, 0.2) is 6.07 Å². The fourth-order valence-electron chi connectivity index (χ4n) is 4.20. The standard InChI is InChI=1S/C17H26N4/c1-12-11-13(2)20-16(14(12)15(18)19)21-9-7-17(8-10-21)5-3-4-6-17/h11H,3-10H2,1-2H3,(H3,18,19). The lowest BCUT2D eigenvalue weighted by atomic mass is 9.77. The first kappa shape index (κ1) is 14.4. The van der Waals surface area contributed by atoms with E-state index in [1.54, 1.807) is 0 Å². The van der Waals surface area contributed by atoms with E-state index >= 15 is 0 Å². The molecule has 2 fully saturated rings. The number of hydrogen-bond acceptors (Lipinski definition) is 3. The second-order valence-electron chi connectivity index (χ2n) is 6.89. The van der Waals surface area contributed by atoms with E-state index in [1.807, 2.05) is 19.9 Å². The first-order valence-corrected chi connectivity index (χ1v) is 8.08. The summed E-state index contributed by atoms with van der Waals surface area (Å²) in [7, 11) is 0. The van der Waals surface area contributed by atoms with E-state index in [2.05, 4.69) is 4.90 Å².